The van der Waals surface area contributed by atoms with Crippen LogP contribution in [0.25, 0.3) is 21.5 Å². The maximum absolute atomic E-state index is 7.46. The topological polar surface area (TPSA) is 36.3 Å². The van der Waals surface area contributed by atoms with Gasteiger partial charge in [0, 0.05) is 37.4 Å². The van der Waals surface area contributed by atoms with Crippen LogP contribution in [0.1, 0.15) is 65.8 Å². The van der Waals surface area contributed by atoms with E-state index in [2.05, 4.69) is 131 Å². The van der Waals surface area contributed by atoms with Crippen molar-refractivity contribution in [2.75, 3.05) is 13.7 Å². The first kappa shape index (κ1) is 31.4. The summed E-state index contributed by atoms with van der Waals surface area (Å²) >= 11 is 1.82. The summed E-state index contributed by atoms with van der Waals surface area (Å²) in [6.45, 7) is 17.6. The Kier molecular flexibility index (Phi) is 9.14. The lowest BCUT2D eigenvalue weighted by molar-refractivity contribution is 0.116. The van der Waals surface area contributed by atoms with Crippen LogP contribution in [0.5, 0.6) is 0 Å². The second-order valence-corrected chi connectivity index (χ2v) is 18.5. The minimum absolute atomic E-state index is 0.0655. The molecular weight excluding hydrogens is 565 g/mol. The number of nitrogens with zero attached hydrogens (tertiary/aromatic N) is 2. The summed E-state index contributed by atoms with van der Waals surface area (Å²) in [6.07, 6.45) is 2.65. The van der Waals surface area contributed by atoms with Gasteiger partial charge in [-0.1, -0.05) is 95.3 Å². The standard InChI is InChI=1S/C37H46N2O2SSi/c1-9-39-34(31-21-16-23-38-33(31)27(2)40-8)32(30-22-24-42-35(30)39)25-37(6,7)26-41-43(36(3,4)5,28-17-12-10-13-18-28)29-19-14-11-15-20-29/h10-24,27H,9,25-26H2,1-8H3/t27-/m0/s1. The van der Waals surface area contributed by atoms with Crippen molar-refractivity contribution in [1.82, 2.24) is 9.55 Å². The third kappa shape index (κ3) is 5.90. The van der Waals surface area contributed by atoms with Crippen LogP contribution in [-0.4, -0.2) is 31.6 Å². The first-order chi connectivity index (χ1) is 20.5. The Labute approximate surface area is 262 Å². The van der Waals surface area contributed by atoms with Gasteiger partial charge < -0.3 is 13.7 Å². The molecule has 0 N–H and O–H groups in total. The Bertz CT molecular complexity index is 1610. The highest BCUT2D eigenvalue weighted by Gasteiger charge is 2.50. The second-order valence-electron chi connectivity index (χ2n) is 13.3. The van der Waals surface area contributed by atoms with Crippen LogP contribution >= 0.6 is 11.3 Å². The molecule has 5 rings (SSSR count). The van der Waals surface area contributed by atoms with Crippen molar-refractivity contribution < 1.29 is 9.16 Å². The molecule has 0 spiro atoms. The van der Waals surface area contributed by atoms with Gasteiger partial charge in [-0.2, -0.15) is 0 Å². The summed E-state index contributed by atoms with van der Waals surface area (Å²) in [6, 6.07) is 28.4. The van der Waals surface area contributed by atoms with Crippen molar-refractivity contribution >= 4 is 40.2 Å². The zero-order chi connectivity index (χ0) is 30.8. The van der Waals surface area contributed by atoms with Crippen LogP contribution in [-0.2, 0) is 22.1 Å². The lowest BCUT2D eigenvalue weighted by atomic mass is 9.84. The summed E-state index contributed by atoms with van der Waals surface area (Å²) in [5.41, 5.74) is 4.63. The molecule has 2 aromatic carbocycles. The molecule has 0 aliphatic heterocycles. The highest BCUT2D eigenvalue weighted by Crippen LogP contribution is 2.43. The third-order valence-electron chi connectivity index (χ3n) is 8.67. The van der Waals surface area contributed by atoms with Crippen molar-refractivity contribution in [3.05, 3.63) is 102 Å². The molecule has 0 unspecified atom stereocenters. The van der Waals surface area contributed by atoms with Gasteiger partial charge in [0.05, 0.1) is 17.5 Å². The Morgan fingerprint density at radius 1 is 0.884 bits per heavy atom. The van der Waals surface area contributed by atoms with E-state index < -0.39 is 8.32 Å². The van der Waals surface area contributed by atoms with Gasteiger partial charge in [0.15, 0.2) is 0 Å². The molecule has 5 aromatic rings. The molecule has 0 saturated carbocycles. The predicted molar refractivity (Wildman–Crippen MR) is 185 cm³/mol. The van der Waals surface area contributed by atoms with E-state index in [9.17, 15) is 0 Å². The second kappa shape index (κ2) is 12.5. The normalized spacial score (nSPS) is 13.5. The van der Waals surface area contributed by atoms with Crippen LogP contribution in [0.4, 0.5) is 0 Å². The van der Waals surface area contributed by atoms with E-state index in [1.165, 1.54) is 31.8 Å². The number of aromatic nitrogens is 2. The van der Waals surface area contributed by atoms with Crippen molar-refractivity contribution in [1.29, 1.82) is 0 Å². The third-order valence-corrected chi connectivity index (χ3v) is 14.6. The van der Waals surface area contributed by atoms with Crippen molar-refractivity contribution in [3.63, 3.8) is 0 Å². The van der Waals surface area contributed by atoms with Crippen LogP contribution in [0, 0.1) is 5.41 Å². The Balaban J connectivity index is 1.60. The maximum atomic E-state index is 7.46. The van der Waals surface area contributed by atoms with E-state index in [0.29, 0.717) is 6.61 Å². The number of aryl methyl sites for hydroxylation is 1. The summed E-state index contributed by atoms with van der Waals surface area (Å²) in [5.74, 6) is 0. The van der Waals surface area contributed by atoms with Gasteiger partial charge in [0.2, 0.25) is 0 Å². The zero-order valence-corrected chi connectivity index (χ0v) is 28.8. The van der Waals surface area contributed by atoms with Crippen molar-refractivity contribution in [3.8, 4) is 11.3 Å². The molecule has 3 aromatic heterocycles. The van der Waals surface area contributed by atoms with Crippen LogP contribution in [0.3, 0.4) is 0 Å². The number of ether oxygens (including phenoxy) is 1. The Hall–Kier alpha value is -3.03. The summed E-state index contributed by atoms with van der Waals surface area (Å²) in [4.78, 5) is 6.12. The van der Waals surface area contributed by atoms with Gasteiger partial charge >= 0.3 is 0 Å². The van der Waals surface area contributed by atoms with Crippen molar-refractivity contribution in [2.45, 2.75) is 72.6 Å². The minimum atomic E-state index is -2.65. The Morgan fingerprint density at radius 2 is 1.51 bits per heavy atom. The van der Waals surface area contributed by atoms with E-state index in [1.807, 2.05) is 23.6 Å². The van der Waals surface area contributed by atoms with Gasteiger partial charge in [-0.15, -0.1) is 11.3 Å². The molecule has 3 heterocycles. The van der Waals surface area contributed by atoms with Crippen LogP contribution < -0.4 is 10.4 Å². The zero-order valence-electron chi connectivity index (χ0n) is 27.0. The number of rotatable bonds is 11. The maximum Gasteiger partial charge on any atom is 0.261 e. The van der Waals surface area contributed by atoms with E-state index in [0.717, 1.165) is 24.2 Å². The lowest BCUT2D eigenvalue weighted by Gasteiger charge is -2.44. The van der Waals surface area contributed by atoms with Gasteiger partial charge in [-0.25, -0.2) is 0 Å². The predicted octanol–water partition coefficient (Wildman–Crippen LogP) is 8.64. The van der Waals surface area contributed by atoms with E-state index in [4.69, 9.17) is 14.1 Å². The molecule has 4 nitrogen and oxygen atoms in total. The summed E-state index contributed by atoms with van der Waals surface area (Å²) < 4.78 is 15.7. The molecule has 0 aliphatic carbocycles. The van der Waals surface area contributed by atoms with Crippen LogP contribution in [0.15, 0.2) is 90.4 Å². The largest absolute Gasteiger partial charge is 0.407 e. The first-order valence-electron chi connectivity index (χ1n) is 15.4. The smallest absolute Gasteiger partial charge is 0.261 e. The molecule has 0 fully saturated rings. The highest BCUT2D eigenvalue weighted by atomic mass is 32.1. The molecule has 6 heteroatoms. The molecule has 43 heavy (non-hydrogen) atoms. The fourth-order valence-electron chi connectivity index (χ4n) is 6.57. The molecule has 0 bridgehead atoms. The molecule has 1 atom stereocenters. The fourth-order valence-corrected chi connectivity index (χ4v) is 12.3. The Morgan fingerprint density at radius 3 is 2.07 bits per heavy atom. The van der Waals surface area contributed by atoms with Gasteiger partial charge in [0.25, 0.3) is 8.32 Å². The number of hydrogen-bond acceptors (Lipinski definition) is 4. The van der Waals surface area contributed by atoms with Crippen molar-refractivity contribution in [2.24, 2.45) is 5.41 Å². The SMILES string of the molecule is CCn1c(-c2cccnc2[C@H](C)OC)c(CC(C)(C)CO[Si](c2ccccc2)(c2ccccc2)C(C)(C)C)c2ccsc21. The minimum Gasteiger partial charge on any atom is -0.407 e. The molecule has 0 aliphatic rings. The molecule has 226 valence electrons. The van der Waals surface area contributed by atoms with Gasteiger partial charge in [-0.05, 0) is 70.2 Å². The molecule has 0 saturated heterocycles. The summed E-state index contributed by atoms with van der Waals surface area (Å²) in [7, 11) is -0.898. The van der Waals surface area contributed by atoms with E-state index >= 15 is 0 Å². The number of methoxy groups -OCH3 is 1. The molecular formula is C37H46N2O2SSi. The average Bonchev–Trinajstić information content (AvgIpc) is 3.59. The summed E-state index contributed by atoms with van der Waals surface area (Å²) in [5, 5.41) is 6.12. The quantitative estimate of drug-likeness (QED) is 0.141. The first-order valence-corrected chi connectivity index (χ1v) is 18.1. The average molecular weight is 611 g/mol. The highest BCUT2D eigenvalue weighted by molar-refractivity contribution is 7.16. The molecule has 0 amide bonds. The number of fused-ring (bicyclic) bond motifs is 1. The number of pyridine rings is 1. The number of thiophene rings is 1. The van der Waals surface area contributed by atoms with Gasteiger partial charge in [-0.3, -0.25) is 4.98 Å². The number of benzene rings is 2. The van der Waals surface area contributed by atoms with E-state index in [-0.39, 0.29) is 16.6 Å². The molecule has 0 radical (unpaired) electrons. The van der Waals surface area contributed by atoms with Gasteiger partial charge in [0.1, 0.15) is 4.83 Å². The lowest BCUT2D eigenvalue weighted by Crippen LogP contribution is -2.67. The fraction of sp³-hybridized carbons (Fsp3) is 0.378. The van der Waals surface area contributed by atoms with E-state index in [1.54, 1.807) is 7.11 Å². The number of hydrogen-bond donors (Lipinski definition) is 0. The monoisotopic (exact) mass is 610 g/mol. The van der Waals surface area contributed by atoms with Crippen LogP contribution in [0.2, 0.25) is 5.04 Å².